The molecule has 2 aliphatic rings. The monoisotopic (exact) mass is 515 g/mol. The fraction of sp³-hybridized carbons (Fsp3) is 0.261. The number of esters is 1. The number of nitro groups is 1. The number of β-lactam (4-membered cyclic amide) rings is 1. The van der Waals surface area contributed by atoms with E-state index in [4.69, 9.17) is 14.3 Å². The van der Waals surface area contributed by atoms with Crippen LogP contribution in [0.5, 0.6) is 11.5 Å². The number of amides is 2. The third-order valence-electron chi connectivity index (χ3n) is 5.47. The zero-order chi connectivity index (χ0) is 26.0. The summed E-state index contributed by atoms with van der Waals surface area (Å²) in [6.07, 6.45) is 0. The molecule has 188 valence electrons. The average molecular weight is 516 g/mol. The summed E-state index contributed by atoms with van der Waals surface area (Å²) < 4.78 is 10.7. The summed E-state index contributed by atoms with van der Waals surface area (Å²) in [6, 6.07) is 10.2. The summed E-state index contributed by atoms with van der Waals surface area (Å²) in [5.74, 6) is -1.15. The van der Waals surface area contributed by atoms with Crippen molar-refractivity contribution < 1.29 is 38.7 Å². The molecule has 1 fully saturated rings. The molecule has 12 nitrogen and oxygen atoms in total. The number of carbonyl (C=O) groups excluding carboxylic acids is 3. The number of hydroxylamine groups is 2. The van der Waals surface area contributed by atoms with E-state index in [1.165, 1.54) is 79.2 Å². The van der Waals surface area contributed by atoms with Crippen molar-refractivity contribution in [1.29, 1.82) is 0 Å². The largest absolute Gasteiger partial charge is 0.508 e. The lowest BCUT2D eigenvalue weighted by Crippen LogP contribution is -2.71. The Bertz CT molecular complexity index is 1230. The first-order valence-electron chi connectivity index (χ1n) is 10.6. The number of phenolic OH excluding ortho intramolecular Hbond substituents is 1. The van der Waals surface area contributed by atoms with Crippen molar-refractivity contribution in [2.75, 3.05) is 12.9 Å². The molecule has 1 unspecified atom stereocenters. The van der Waals surface area contributed by atoms with E-state index >= 15 is 0 Å². The van der Waals surface area contributed by atoms with E-state index in [2.05, 4.69) is 0 Å². The maximum atomic E-state index is 13.2. The highest BCUT2D eigenvalue weighted by molar-refractivity contribution is 8.00. The lowest BCUT2D eigenvalue weighted by Gasteiger charge is -2.51. The molecule has 0 aromatic heterocycles. The number of phenols is 1. The summed E-state index contributed by atoms with van der Waals surface area (Å²) in [5, 5.41) is 20.6. The second-order valence-corrected chi connectivity index (χ2v) is 8.87. The second-order valence-electron chi connectivity index (χ2n) is 7.76. The number of thioether (sulfide) groups is 1. The van der Waals surface area contributed by atoms with Gasteiger partial charge in [0.25, 0.3) is 17.5 Å². The maximum absolute atomic E-state index is 13.2. The lowest BCUT2D eigenvalue weighted by molar-refractivity contribution is -0.384. The molecule has 2 aliphatic heterocycles. The van der Waals surface area contributed by atoms with Gasteiger partial charge in [0.1, 0.15) is 23.5 Å². The van der Waals surface area contributed by atoms with Gasteiger partial charge in [0.15, 0.2) is 17.5 Å². The van der Waals surface area contributed by atoms with Crippen molar-refractivity contribution in [3.8, 4) is 11.5 Å². The van der Waals surface area contributed by atoms with E-state index in [-0.39, 0.29) is 41.0 Å². The van der Waals surface area contributed by atoms with Gasteiger partial charge in [0, 0.05) is 19.1 Å². The van der Waals surface area contributed by atoms with Crippen molar-refractivity contribution >= 4 is 35.2 Å². The van der Waals surface area contributed by atoms with Crippen LogP contribution in [0.25, 0.3) is 0 Å². The summed E-state index contributed by atoms with van der Waals surface area (Å²) in [5.41, 5.74) is 0.356. The van der Waals surface area contributed by atoms with Crippen molar-refractivity contribution in [1.82, 2.24) is 9.96 Å². The van der Waals surface area contributed by atoms with Crippen LogP contribution < -0.4 is 4.84 Å². The number of carbonyl (C=O) groups is 3. The number of benzene rings is 2. The second kappa shape index (κ2) is 10.2. The number of fused-ring (bicyclic) bond motifs is 1. The van der Waals surface area contributed by atoms with Gasteiger partial charge in [-0.25, -0.2) is 4.79 Å². The van der Waals surface area contributed by atoms with E-state index in [9.17, 15) is 29.6 Å². The molecule has 0 saturated carbocycles. The van der Waals surface area contributed by atoms with Crippen molar-refractivity contribution in [2.24, 2.45) is 0 Å². The number of non-ortho nitro benzene ring substituents is 1. The molecular weight excluding hydrogens is 494 g/mol. The number of nitrogens with zero attached hydrogens (tertiary/aromatic N) is 3. The van der Waals surface area contributed by atoms with E-state index in [1.54, 1.807) is 0 Å². The Morgan fingerprint density at radius 2 is 1.86 bits per heavy atom. The number of nitro benzene ring substituents is 1. The van der Waals surface area contributed by atoms with Gasteiger partial charge in [0.05, 0.1) is 17.8 Å². The Morgan fingerprint density at radius 1 is 1.19 bits per heavy atom. The third kappa shape index (κ3) is 4.77. The highest BCUT2D eigenvalue weighted by atomic mass is 32.2. The minimum Gasteiger partial charge on any atom is -0.508 e. The van der Waals surface area contributed by atoms with Gasteiger partial charge in [-0.1, -0.05) is 0 Å². The molecule has 0 aliphatic carbocycles. The van der Waals surface area contributed by atoms with Gasteiger partial charge in [-0.15, -0.1) is 11.8 Å². The van der Waals surface area contributed by atoms with E-state index < -0.39 is 34.1 Å². The lowest BCUT2D eigenvalue weighted by atomic mass is 10.0. The Balaban J connectivity index is 1.50. The molecule has 2 aromatic rings. The van der Waals surface area contributed by atoms with E-state index in [1.807, 2.05) is 0 Å². The number of rotatable bonds is 8. The van der Waals surface area contributed by atoms with Gasteiger partial charge in [-0.05, 0) is 42.0 Å². The van der Waals surface area contributed by atoms with Crippen LogP contribution in [0.2, 0.25) is 0 Å². The van der Waals surface area contributed by atoms with Gasteiger partial charge in [-0.2, -0.15) is 5.06 Å². The van der Waals surface area contributed by atoms with Gasteiger partial charge < -0.3 is 19.4 Å². The molecule has 2 heterocycles. The predicted molar refractivity (Wildman–Crippen MR) is 125 cm³/mol. The quantitative estimate of drug-likeness (QED) is 0.240. The number of methoxy groups -OCH3 is 1. The fourth-order valence-corrected chi connectivity index (χ4v) is 5.01. The first-order valence-corrected chi connectivity index (χ1v) is 11.6. The normalized spacial score (nSPS) is 18.6. The number of hydrogen-bond donors (Lipinski definition) is 1. The Labute approximate surface area is 209 Å². The first-order chi connectivity index (χ1) is 17.2. The molecule has 2 atom stereocenters. The smallest absolute Gasteiger partial charge is 0.358 e. The third-order valence-corrected chi connectivity index (χ3v) is 6.70. The average Bonchev–Trinajstić information content (AvgIpc) is 2.87. The molecule has 0 radical (unpaired) electrons. The molecular formula is C23H21N3O9S. The molecule has 36 heavy (non-hydrogen) atoms. The summed E-state index contributed by atoms with van der Waals surface area (Å²) in [7, 11) is 1.37. The molecule has 0 bridgehead atoms. The van der Waals surface area contributed by atoms with Crippen LogP contribution in [0.3, 0.4) is 0 Å². The molecule has 4 rings (SSSR count). The molecule has 1 saturated heterocycles. The SMILES string of the molecule is COC1=C(C(=O)OCc2ccc([N+](=O)[O-])cc2)N2C(=O)C(N(Oc3ccc(O)cc3)C(C)=O)[C@H]2SC1. The number of ether oxygens (including phenoxy) is 2. The molecule has 2 amide bonds. The van der Waals surface area contributed by atoms with Crippen LogP contribution in [-0.2, 0) is 30.5 Å². The topological polar surface area (TPSA) is 149 Å². The van der Waals surface area contributed by atoms with Gasteiger partial charge >= 0.3 is 5.97 Å². The molecule has 0 spiro atoms. The van der Waals surface area contributed by atoms with Crippen LogP contribution in [0.1, 0.15) is 12.5 Å². The Hall–Kier alpha value is -4.26. The highest BCUT2D eigenvalue weighted by Crippen LogP contribution is 2.43. The van der Waals surface area contributed by atoms with Crippen LogP contribution in [0.15, 0.2) is 60.0 Å². The Morgan fingerprint density at radius 3 is 2.44 bits per heavy atom. The van der Waals surface area contributed by atoms with E-state index in [0.29, 0.717) is 5.56 Å². The predicted octanol–water partition coefficient (Wildman–Crippen LogP) is 2.33. The van der Waals surface area contributed by atoms with Crippen molar-refractivity contribution in [2.45, 2.75) is 24.9 Å². The summed E-state index contributed by atoms with van der Waals surface area (Å²) in [4.78, 5) is 55.6. The summed E-state index contributed by atoms with van der Waals surface area (Å²) in [6.45, 7) is 1.07. The van der Waals surface area contributed by atoms with E-state index in [0.717, 1.165) is 5.06 Å². The van der Waals surface area contributed by atoms with Gasteiger partial charge in [-0.3, -0.25) is 24.6 Å². The molecule has 1 N–H and O–H groups in total. The summed E-state index contributed by atoms with van der Waals surface area (Å²) >= 11 is 1.29. The maximum Gasteiger partial charge on any atom is 0.358 e. The van der Waals surface area contributed by atoms with Crippen LogP contribution in [0.4, 0.5) is 5.69 Å². The Kier molecular flexibility index (Phi) is 7.01. The minimum atomic E-state index is -1.00. The molecule has 2 aromatic carbocycles. The van der Waals surface area contributed by atoms with Crippen molar-refractivity contribution in [3.05, 3.63) is 75.7 Å². The van der Waals surface area contributed by atoms with Gasteiger partial charge in [0.2, 0.25) is 0 Å². The fourth-order valence-electron chi connectivity index (χ4n) is 3.67. The van der Waals surface area contributed by atoms with Crippen LogP contribution >= 0.6 is 11.8 Å². The zero-order valence-electron chi connectivity index (χ0n) is 19.2. The van der Waals surface area contributed by atoms with Crippen LogP contribution in [0, 0.1) is 10.1 Å². The standard InChI is InChI=1S/C23H21N3O9S/c1-13(27)25(35-17-9-7-16(28)8-10-17)20-21(29)24-19(18(33-2)12-36-22(20)24)23(30)34-11-14-3-5-15(6-4-14)26(31)32/h3-10,20,22,28H,11-12H2,1-2H3/t20?,22-/m1/s1. The first kappa shape index (κ1) is 24.9. The van der Waals surface area contributed by atoms with Crippen LogP contribution in [-0.4, -0.2) is 62.1 Å². The number of aromatic hydroxyl groups is 1. The highest BCUT2D eigenvalue weighted by Gasteiger charge is 2.58. The molecule has 13 heteroatoms. The van der Waals surface area contributed by atoms with Crippen molar-refractivity contribution in [3.63, 3.8) is 0 Å². The number of hydrogen-bond acceptors (Lipinski definition) is 10. The zero-order valence-corrected chi connectivity index (χ0v) is 20.0. The minimum absolute atomic E-state index is 0.0135.